The average molecular weight is 443 g/mol. The zero-order valence-electron chi connectivity index (χ0n) is 15.9. The highest BCUT2D eigenvalue weighted by Crippen LogP contribution is 2.45. The van der Waals surface area contributed by atoms with Crippen LogP contribution in [0.25, 0.3) is 0 Å². The molecule has 7 heteroatoms. The van der Waals surface area contributed by atoms with Gasteiger partial charge in [-0.3, -0.25) is 9.59 Å². The third-order valence-electron chi connectivity index (χ3n) is 5.48. The summed E-state index contributed by atoms with van der Waals surface area (Å²) in [7, 11) is 0. The monoisotopic (exact) mass is 442 g/mol. The molecule has 0 radical (unpaired) electrons. The number of amides is 1. The number of primary amides is 1. The highest BCUT2D eigenvalue weighted by Gasteiger charge is 2.38. The Morgan fingerprint density at radius 1 is 1.39 bits per heavy atom. The first-order valence-corrected chi connectivity index (χ1v) is 10.1. The van der Waals surface area contributed by atoms with Crippen molar-refractivity contribution in [3.63, 3.8) is 0 Å². The molecule has 1 aromatic rings. The molecular formula is C21H23BrN4O2. The molecule has 6 nitrogen and oxygen atoms in total. The predicted molar refractivity (Wildman–Crippen MR) is 111 cm³/mol. The van der Waals surface area contributed by atoms with Crippen LogP contribution in [0.4, 0.5) is 5.69 Å². The third kappa shape index (κ3) is 3.45. The number of allylic oxidation sites excluding steroid dienone is 4. The maximum Gasteiger partial charge on any atom is 0.250 e. The summed E-state index contributed by atoms with van der Waals surface area (Å²) in [6, 6.07) is 5.60. The summed E-state index contributed by atoms with van der Waals surface area (Å²) in [6.07, 6.45) is 3.26. The number of nitrogens with two attached hydrogens (primary N) is 2. The molecule has 2 atom stereocenters. The van der Waals surface area contributed by atoms with E-state index in [1.165, 1.54) is 0 Å². The molecule has 0 spiro atoms. The number of carbonyl (C=O) groups is 2. The lowest BCUT2D eigenvalue weighted by atomic mass is 9.72. The van der Waals surface area contributed by atoms with Gasteiger partial charge in [-0.2, -0.15) is 5.26 Å². The number of hydrogen-bond acceptors (Lipinski definition) is 5. The van der Waals surface area contributed by atoms with Gasteiger partial charge in [-0.05, 0) is 59.3 Å². The van der Waals surface area contributed by atoms with Crippen LogP contribution in [0.3, 0.4) is 0 Å². The van der Waals surface area contributed by atoms with E-state index in [1.54, 1.807) is 12.1 Å². The Labute approximate surface area is 172 Å². The number of Topliss-reactive ketones (excluding diaryl/α,β-unsaturated/α-hetero) is 1. The number of nitrogens with zero attached hydrogens (tertiary/aromatic N) is 1. The van der Waals surface area contributed by atoms with Gasteiger partial charge in [0.25, 0.3) is 5.91 Å². The molecule has 0 saturated carbocycles. The summed E-state index contributed by atoms with van der Waals surface area (Å²) in [5.74, 6) is -0.835. The first-order valence-electron chi connectivity index (χ1n) is 9.31. The zero-order chi connectivity index (χ0) is 20.6. The van der Waals surface area contributed by atoms with E-state index in [0.717, 1.165) is 30.7 Å². The van der Waals surface area contributed by atoms with Gasteiger partial charge in [0.1, 0.15) is 0 Å². The summed E-state index contributed by atoms with van der Waals surface area (Å²) in [4.78, 5) is 24.9. The molecule has 1 aliphatic carbocycles. The molecule has 1 amide bonds. The van der Waals surface area contributed by atoms with Crippen molar-refractivity contribution in [2.45, 2.75) is 45.4 Å². The number of ketones is 1. The molecule has 0 aromatic heterocycles. The van der Waals surface area contributed by atoms with Crippen molar-refractivity contribution in [2.75, 3.05) is 5.73 Å². The van der Waals surface area contributed by atoms with Crippen LogP contribution in [-0.4, -0.2) is 11.7 Å². The number of benzene rings is 1. The van der Waals surface area contributed by atoms with Crippen molar-refractivity contribution in [2.24, 2.45) is 11.7 Å². The normalized spacial score (nSPS) is 21.9. The van der Waals surface area contributed by atoms with Crippen molar-refractivity contribution in [1.82, 2.24) is 5.32 Å². The maximum absolute atomic E-state index is 13.1. The number of dihydropyridines is 1. The number of nitriles is 1. The lowest BCUT2D eigenvalue weighted by molar-refractivity contribution is -0.117. The van der Waals surface area contributed by atoms with Crippen molar-refractivity contribution in [1.29, 1.82) is 5.26 Å². The van der Waals surface area contributed by atoms with Gasteiger partial charge in [0.05, 0.1) is 28.8 Å². The van der Waals surface area contributed by atoms with Crippen LogP contribution in [0.1, 0.15) is 61.4 Å². The molecule has 28 heavy (non-hydrogen) atoms. The second kappa shape index (κ2) is 7.80. The second-order valence-electron chi connectivity index (χ2n) is 7.42. The van der Waals surface area contributed by atoms with E-state index >= 15 is 0 Å². The summed E-state index contributed by atoms with van der Waals surface area (Å²) >= 11 is 3.37. The number of nitrogens with one attached hydrogen (secondary N) is 1. The minimum Gasteiger partial charge on any atom is -0.397 e. The number of nitrogen functional groups attached to an aromatic ring is 1. The fourth-order valence-electron chi connectivity index (χ4n) is 4.22. The Morgan fingerprint density at radius 3 is 2.71 bits per heavy atom. The number of anilines is 1. The van der Waals surface area contributed by atoms with Gasteiger partial charge in [0, 0.05) is 27.9 Å². The van der Waals surface area contributed by atoms with Gasteiger partial charge in [0.2, 0.25) is 0 Å². The van der Waals surface area contributed by atoms with E-state index in [4.69, 9.17) is 11.5 Å². The first-order chi connectivity index (χ1) is 13.3. The molecule has 2 aliphatic rings. The number of hydrogen-bond donors (Lipinski definition) is 3. The van der Waals surface area contributed by atoms with Gasteiger partial charge in [0.15, 0.2) is 5.78 Å². The maximum atomic E-state index is 13.1. The smallest absolute Gasteiger partial charge is 0.250 e. The number of halogens is 1. The van der Waals surface area contributed by atoms with Crippen LogP contribution >= 0.6 is 15.9 Å². The van der Waals surface area contributed by atoms with Gasteiger partial charge in [-0.15, -0.1) is 0 Å². The molecule has 1 heterocycles. The largest absolute Gasteiger partial charge is 0.397 e. The Morgan fingerprint density at radius 2 is 2.11 bits per heavy atom. The van der Waals surface area contributed by atoms with Gasteiger partial charge < -0.3 is 16.8 Å². The van der Waals surface area contributed by atoms with Crippen molar-refractivity contribution in [3.05, 3.63) is 50.3 Å². The highest BCUT2D eigenvalue weighted by atomic mass is 79.9. The lowest BCUT2D eigenvalue weighted by Gasteiger charge is -2.35. The van der Waals surface area contributed by atoms with Crippen LogP contribution in [-0.2, 0) is 4.79 Å². The molecule has 1 aromatic carbocycles. The van der Waals surface area contributed by atoms with Crippen LogP contribution in [0.5, 0.6) is 0 Å². The third-order valence-corrected chi connectivity index (χ3v) is 6.14. The van der Waals surface area contributed by atoms with Gasteiger partial charge in [-0.25, -0.2) is 0 Å². The van der Waals surface area contributed by atoms with Crippen LogP contribution < -0.4 is 16.8 Å². The minimum atomic E-state index is -0.652. The lowest BCUT2D eigenvalue weighted by Crippen LogP contribution is -2.34. The zero-order valence-corrected chi connectivity index (χ0v) is 17.5. The number of carbonyl (C=O) groups excluding carboxylic acids is 2. The molecule has 0 saturated heterocycles. The molecule has 1 aliphatic heterocycles. The van der Waals surface area contributed by atoms with E-state index < -0.39 is 11.8 Å². The van der Waals surface area contributed by atoms with Crippen molar-refractivity contribution >= 4 is 33.3 Å². The summed E-state index contributed by atoms with van der Waals surface area (Å²) in [5, 5.41) is 13.1. The van der Waals surface area contributed by atoms with Gasteiger partial charge >= 0.3 is 0 Å². The Kier molecular flexibility index (Phi) is 5.61. The standard InChI is InChI=1S/C21H23BrN4O2/c1-3-4-11-5-16-19(17(27)6-11)18(14(9-23)10(2)26-16)12-7-13(21(25)28)20(24)15(22)8-12/h7-8,11,18,26H,3-6,24H2,1-2H3,(H2,25,28). The van der Waals surface area contributed by atoms with Crippen molar-refractivity contribution < 1.29 is 9.59 Å². The molecule has 3 rings (SSSR count). The van der Waals surface area contributed by atoms with E-state index in [0.29, 0.717) is 33.5 Å². The van der Waals surface area contributed by atoms with Gasteiger partial charge in [-0.1, -0.05) is 13.3 Å². The van der Waals surface area contributed by atoms with E-state index in [9.17, 15) is 14.9 Å². The van der Waals surface area contributed by atoms with E-state index in [2.05, 4.69) is 34.2 Å². The van der Waals surface area contributed by atoms with E-state index in [1.807, 2.05) is 6.92 Å². The fourth-order valence-corrected chi connectivity index (χ4v) is 4.70. The van der Waals surface area contributed by atoms with E-state index in [-0.39, 0.29) is 17.0 Å². The molecule has 0 fully saturated rings. The molecule has 2 unspecified atom stereocenters. The topological polar surface area (TPSA) is 122 Å². The Hall–Kier alpha value is -2.59. The minimum absolute atomic E-state index is 0.0472. The predicted octanol–water partition coefficient (Wildman–Crippen LogP) is 3.65. The Balaban J connectivity index is 2.19. The summed E-state index contributed by atoms with van der Waals surface area (Å²) in [5.41, 5.74) is 15.2. The highest BCUT2D eigenvalue weighted by molar-refractivity contribution is 9.10. The second-order valence-corrected chi connectivity index (χ2v) is 8.27. The van der Waals surface area contributed by atoms with Crippen molar-refractivity contribution in [3.8, 4) is 6.07 Å². The average Bonchev–Trinajstić information content (AvgIpc) is 2.62. The molecule has 5 N–H and O–H groups in total. The van der Waals surface area contributed by atoms with Crippen LogP contribution in [0.15, 0.2) is 39.1 Å². The SMILES string of the molecule is CCCC1CC(=O)C2=C(C1)NC(C)=C(C#N)C2c1cc(Br)c(N)c(C(N)=O)c1. The molecular weight excluding hydrogens is 420 g/mol. The Bertz CT molecular complexity index is 971. The summed E-state index contributed by atoms with van der Waals surface area (Å²) in [6.45, 7) is 3.95. The molecule has 0 bridgehead atoms. The first kappa shape index (κ1) is 20.2. The molecule has 146 valence electrons. The summed E-state index contributed by atoms with van der Waals surface area (Å²) < 4.78 is 0.515. The number of rotatable bonds is 4. The van der Waals surface area contributed by atoms with Crippen LogP contribution in [0, 0.1) is 17.2 Å². The van der Waals surface area contributed by atoms with Crippen LogP contribution in [0.2, 0.25) is 0 Å². The fraction of sp³-hybridized carbons (Fsp3) is 0.381. The quantitative estimate of drug-likeness (QED) is 0.614.